The van der Waals surface area contributed by atoms with E-state index in [1.165, 1.54) is 6.07 Å². The van der Waals surface area contributed by atoms with E-state index in [4.69, 9.17) is 11.0 Å². The van der Waals surface area contributed by atoms with Gasteiger partial charge in [-0.2, -0.15) is 5.26 Å². The number of rotatable bonds is 4. The van der Waals surface area contributed by atoms with Gasteiger partial charge in [0.1, 0.15) is 17.7 Å². The highest BCUT2D eigenvalue weighted by Crippen LogP contribution is 2.18. The number of benzene rings is 1. The van der Waals surface area contributed by atoms with E-state index in [0.29, 0.717) is 24.9 Å². The van der Waals surface area contributed by atoms with Crippen LogP contribution in [0.2, 0.25) is 0 Å². The molecule has 0 spiro atoms. The molecule has 0 amide bonds. The number of nitrogens with two attached hydrogens (primary N) is 1. The predicted octanol–water partition coefficient (Wildman–Crippen LogP) is 1.51. The minimum Gasteiger partial charge on any atom is -0.348 e. The van der Waals surface area contributed by atoms with Crippen LogP contribution < -0.4 is 5.73 Å². The maximum atomic E-state index is 13.8. The number of hydrogen-bond donors (Lipinski definition) is 2. The number of aromatic amines is 1. The molecule has 0 radical (unpaired) electrons. The van der Waals surface area contributed by atoms with Gasteiger partial charge in [-0.1, -0.05) is 6.07 Å². The van der Waals surface area contributed by atoms with Crippen molar-refractivity contribution in [3.8, 4) is 6.07 Å². The summed E-state index contributed by atoms with van der Waals surface area (Å²) in [6, 6.07) is 5.07. The van der Waals surface area contributed by atoms with Crippen molar-refractivity contribution in [2.75, 3.05) is 6.54 Å². The second-order valence-corrected chi connectivity index (χ2v) is 3.97. The number of nitrogens with one attached hydrogen (secondary N) is 1. The van der Waals surface area contributed by atoms with Crippen LogP contribution in [0.15, 0.2) is 24.5 Å². The van der Waals surface area contributed by atoms with Gasteiger partial charge in [-0.3, -0.25) is 0 Å². The quantitative estimate of drug-likeness (QED) is 0.855. The highest BCUT2D eigenvalue weighted by Gasteiger charge is 2.11. The second kappa shape index (κ2) is 5.43. The molecule has 0 aliphatic rings. The summed E-state index contributed by atoms with van der Waals surface area (Å²) in [6.45, 7) is 0.387. The van der Waals surface area contributed by atoms with Gasteiger partial charge in [0.15, 0.2) is 0 Å². The normalized spacial score (nSPS) is 10.3. The highest BCUT2D eigenvalue weighted by molar-refractivity contribution is 5.42. The Balaban J connectivity index is 2.35. The molecule has 0 fully saturated rings. The van der Waals surface area contributed by atoms with Crippen LogP contribution in [-0.4, -0.2) is 16.5 Å². The van der Waals surface area contributed by atoms with E-state index in [-0.39, 0.29) is 5.56 Å². The van der Waals surface area contributed by atoms with Crippen molar-refractivity contribution in [1.29, 1.82) is 5.26 Å². The molecule has 0 unspecified atom stereocenters. The summed E-state index contributed by atoms with van der Waals surface area (Å²) >= 11 is 0. The van der Waals surface area contributed by atoms with Gasteiger partial charge < -0.3 is 10.7 Å². The lowest BCUT2D eigenvalue weighted by molar-refractivity contribution is 0.619. The van der Waals surface area contributed by atoms with Crippen molar-refractivity contribution in [2.45, 2.75) is 12.8 Å². The topological polar surface area (TPSA) is 78.5 Å². The number of imidazole rings is 1. The Kier molecular flexibility index (Phi) is 3.70. The van der Waals surface area contributed by atoms with Gasteiger partial charge in [-0.05, 0) is 30.2 Å². The summed E-state index contributed by atoms with van der Waals surface area (Å²) in [5, 5.41) is 8.92. The molecule has 5 heteroatoms. The van der Waals surface area contributed by atoms with Crippen LogP contribution in [0.25, 0.3) is 0 Å². The summed E-state index contributed by atoms with van der Waals surface area (Å²) in [4.78, 5) is 7.05. The van der Waals surface area contributed by atoms with E-state index in [1.54, 1.807) is 12.4 Å². The molecule has 2 rings (SSSR count). The van der Waals surface area contributed by atoms with Crippen molar-refractivity contribution < 1.29 is 4.39 Å². The number of halogens is 1. The Morgan fingerprint density at radius 2 is 2.28 bits per heavy atom. The monoisotopic (exact) mass is 244 g/mol. The van der Waals surface area contributed by atoms with Crippen LogP contribution in [0.3, 0.4) is 0 Å². The molecule has 0 aliphatic carbocycles. The minimum absolute atomic E-state index is 0.0867. The first-order valence-corrected chi connectivity index (χ1v) is 5.64. The van der Waals surface area contributed by atoms with E-state index in [9.17, 15) is 4.39 Å². The van der Waals surface area contributed by atoms with Gasteiger partial charge in [0.05, 0.1) is 5.56 Å². The van der Waals surface area contributed by atoms with Crippen LogP contribution in [-0.2, 0) is 12.8 Å². The van der Waals surface area contributed by atoms with Gasteiger partial charge in [0.2, 0.25) is 0 Å². The number of nitrogens with zero attached hydrogens (tertiary/aromatic N) is 2. The molecule has 4 nitrogen and oxygen atoms in total. The van der Waals surface area contributed by atoms with E-state index in [2.05, 4.69) is 9.97 Å². The lowest BCUT2D eigenvalue weighted by Crippen LogP contribution is -2.07. The first kappa shape index (κ1) is 12.3. The standard InChI is InChI=1S/C13H13FN4/c14-12-6-9(7-13-17-3-4-18-13)5-10(1-2-15)11(12)8-16/h3-6H,1-2,7,15H2,(H,17,18). The third-order valence-corrected chi connectivity index (χ3v) is 2.68. The SMILES string of the molecule is N#Cc1c(F)cc(Cc2ncc[nH]2)cc1CCN. The molecule has 1 aromatic carbocycles. The number of hydrogen-bond acceptors (Lipinski definition) is 3. The van der Waals surface area contributed by atoms with Crippen molar-refractivity contribution >= 4 is 0 Å². The molecule has 1 aromatic heterocycles. The van der Waals surface area contributed by atoms with Crippen LogP contribution >= 0.6 is 0 Å². The van der Waals surface area contributed by atoms with Crippen molar-refractivity contribution in [1.82, 2.24) is 9.97 Å². The van der Waals surface area contributed by atoms with Gasteiger partial charge in [0, 0.05) is 18.8 Å². The lowest BCUT2D eigenvalue weighted by Gasteiger charge is -2.07. The molecule has 92 valence electrons. The molecular formula is C13H13FN4. The van der Waals surface area contributed by atoms with Gasteiger partial charge >= 0.3 is 0 Å². The first-order valence-electron chi connectivity index (χ1n) is 5.64. The van der Waals surface area contributed by atoms with E-state index < -0.39 is 5.82 Å². The molecule has 0 atom stereocenters. The molecule has 2 aromatic rings. The molecule has 1 heterocycles. The molecule has 18 heavy (non-hydrogen) atoms. The predicted molar refractivity (Wildman–Crippen MR) is 65.3 cm³/mol. The zero-order valence-corrected chi connectivity index (χ0v) is 9.78. The summed E-state index contributed by atoms with van der Waals surface area (Å²) in [6.07, 6.45) is 4.37. The highest BCUT2D eigenvalue weighted by atomic mass is 19.1. The van der Waals surface area contributed by atoms with Crippen LogP contribution in [0.4, 0.5) is 4.39 Å². The fraction of sp³-hybridized carbons (Fsp3) is 0.231. The maximum absolute atomic E-state index is 13.8. The molecule has 0 saturated carbocycles. The average molecular weight is 244 g/mol. The minimum atomic E-state index is -0.495. The number of nitriles is 1. The fourth-order valence-corrected chi connectivity index (χ4v) is 1.89. The summed E-state index contributed by atoms with van der Waals surface area (Å²) < 4.78 is 13.8. The molecule has 0 bridgehead atoms. The van der Waals surface area contributed by atoms with Crippen LogP contribution in [0, 0.1) is 17.1 Å². The van der Waals surface area contributed by atoms with Crippen LogP contribution in [0.1, 0.15) is 22.5 Å². The Labute approximate surface area is 104 Å². The zero-order chi connectivity index (χ0) is 13.0. The van der Waals surface area contributed by atoms with E-state index in [1.807, 2.05) is 12.1 Å². The Morgan fingerprint density at radius 3 is 2.89 bits per heavy atom. The summed E-state index contributed by atoms with van der Waals surface area (Å²) in [5.41, 5.74) is 6.99. The van der Waals surface area contributed by atoms with Crippen molar-refractivity contribution in [3.63, 3.8) is 0 Å². The van der Waals surface area contributed by atoms with Crippen LogP contribution in [0.5, 0.6) is 0 Å². The van der Waals surface area contributed by atoms with Gasteiger partial charge in [-0.25, -0.2) is 9.37 Å². The number of aromatic nitrogens is 2. The average Bonchev–Trinajstić information content (AvgIpc) is 2.82. The maximum Gasteiger partial charge on any atom is 0.141 e. The summed E-state index contributed by atoms with van der Waals surface area (Å²) in [7, 11) is 0. The van der Waals surface area contributed by atoms with Crippen molar-refractivity contribution in [3.05, 3.63) is 52.9 Å². The second-order valence-electron chi connectivity index (χ2n) is 3.97. The van der Waals surface area contributed by atoms with E-state index in [0.717, 1.165) is 11.4 Å². The largest absolute Gasteiger partial charge is 0.348 e. The van der Waals surface area contributed by atoms with Gasteiger partial charge in [0.25, 0.3) is 0 Å². The van der Waals surface area contributed by atoms with E-state index >= 15 is 0 Å². The van der Waals surface area contributed by atoms with Crippen molar-refractivity contribution in [2.24, 2.45) is 5.73 Å². The number of H-pyrrole nitrogens is 1. The first-order chi connectivity index (χ1) is 8.74. The Hall–Kier alpha value is -2.19. The Bertz CT molecular complexity index is 569. The molecular weight excluding hydrogens is 231 g/mol. The third-order valence-electron chi connectivity index (χ3n) is 2.68. The zero-order valence-electron chi connectivity index (χ0n) is 9.78. The Morgan fingerprint density at radius 1 is 1.44 bits per heavy atom. The molecule has 3 N–H and O–H groups in total. The fourth-order valence-electron chi connectivity index (χ4n) is 1.89. The lowest BCUT2D eigenvalue weighted by atomic mass is 9.99. The molecule has 0 saturated heterocycles. The third kappa shape index (κ3) is 2.55. The van der Waals surface area contributed by atoms with Gasteiger partial charge in [-0.15, -0.1) is 0 Å². The summed E-state index contributed by atoms with van der Waals surface area (Å²) in [5.74, 6) is 0.266. The smallest absolute Gasteiger partial charge is 0.141 e. The molecule has 0 aliphatic heterocycles.